The first kappa shape index (κ1) is 23.7. The first-order chi connectivity index (χ1) is 9.14. The molecule has 1 rings (SSSR count). The molecule has 1 fully saturated rings. The average molecular weight is 273 g/mol. The molecular weight excluding hydrogens is 232 g/mol. The van der Waals surface area contributed by atoms with Gasteiger partial charge in [-0.25, -0.2) is 0 Å². The molecule has 1 aliphatic rings. The number of rotatable bonds is 4. The van der Waals surface area contributed by atoms with Gasteiger partial charge in [0.15, 0.2) is 0 Å². The van der Waals surface area contributed by atoms with E-state index in [1.54, 1.807) is 0 Å². The van der Waals surface area contributed by atoms with E-state index in [0.29, 0.717) is 0 Å². The zero-order chi connectivity index (χ0) is 15.4. The van der Waals surface area contributed by atoms with Gasteiger partial charge in [-0.05, 0) is 46.4 Å². The van der Waals surface area contributed by atoms with Crippen LogP contribution in [0.2, 0.25) is 0 Å². The van der Waals surface area contributed by atoms with Crippen LogP contribution in [0.1, 0.15) is 67.2 Å². The molecule has 2 heteroatoms. The maximum absolute atomic E-state index is 3.16. The Kier molecular flexibility index (Phi) is 32.8. The van der Waals surface area contributed by atoms with Crippen molar-refractivity contribution in [1.82, 2.24) is 10.6 Å². The molecule has 0 aromatic rings. The fourth-order valence-electron chi connectivity index (χ4n) is 0.933. The van der Waals surface area contributed by atoms with Gasteiger partial charge in [0.2, 0.25) is 0 Å². The normalized spacial score (nSPS) is 13.2. The first-order valence-electron chi connectivity index (χ1n) is 8.06. The van der Waals surface area contributed by atoms with Crippen LogP contribution >= 0.6 is 0 Å². The number of nitrogens with one attached hydrogen (secondary N) is 2. The van der Waals surface area contributed by atoms with Gasteiger partial charge in [0.05, 0.1) is 0 Å². The summed E-state index contributed by atoms with van der Waals surface area (Å²) in [5, 5.41) is 6.09. The Bertz CT molecular complexity index is 130. The standard InChI is InChI=1S/C6H14.C4H9N.C4H8.C3H9N/c1-3-5-6-4-2;1-4-2-5-3-4;2*1-3-4-2/h3-6H2,1-2H3;4-5H,2-3H2,1H3;3-4H,1-2H3;4H,3H2,1-2H3/b;;4-3-;. The zero-order valence-electron chi connectivity index (χ0n) is 14.7. The number of hydrogen-bond acceptors (Lipinski definition) is 2. The Balaban J connectivity index is -0.000000183. The fraction of sp³-hybridized carbons (Fsp3) is 0.882. The smallest absolute Gasteiger partial charge is 0.00109 e. The van der Waals surface area contributed by atoms with Gasteiger partial charge in [0, 0.05) is 0 Å². The number of unbranched alkanes of at least 4 members (excludes halogenated alkanes) is 3. The fourth-order valence-corrected chi connectivity index (χ4v) is 0.933. The van der Waals surface area contributed by atoms with Gasteiger partial charge in [0.1, 0.15) is 0 Å². The van der Waals surface area contributed by atoms with E-state index in [1.807, 2.05) is 33.0 Å². The van der Waals surface area contributed by atoms with E-state index in [4.69, 9.17) is 0 Å². The van der Waals surface area contributed by atoms with Crippen LogP contribution in [0.5, 0.6) is 0 Å². The maximum atomic E-state index is 3.16. The summed E-state index contributed by atoms with van der Waals surface area (Å²) < 4.78 is 0. The monoisotopic (exact) mass is 272 g/mol. The van der Waals surface area contributed by atoms with Crippen LogP contribution in [0.4, 0.5) is 0 Å². The third kappa shape index (κ3) is 38.1. The largest absolute Gasteiger partial charge is 0.320 e. The highest BCUT2D eigenvalue weighted by Gasteiger charge is 2.07. The van der Waals surface area contributed by atoms with Crippen molar-refractivity contribution >= 4 is 0 Å². The minimum absolute atomic E-state index is 0.954. The minimum atomic E-state index is 0.954. The average Bonchev–Trinajstić information content (AvgIpc) is 2.44. The summed E-state index contributed by atoms with van der Waals surface area (Å²) in [7, 11) is 1.93. The molecule has 1 saturated heterocycles. The van der Waals surface area contributed by atoms with Crippen molar-refractivity contribution in [3.05, 3.63) is 12.2 Å². The van der Waals surface area contributed by atoms with Crippen molar-refractivity contribution in [3.8, 4) is 0 Å². The second-order valence-electron chi connectivity index (χ2n) is 4.84. The van der Waals surface area contributed by atoms with Gasteiger partial charge < -0.3 is 10.6 Å². The van der Waals surface area contributed by atoms with Crippen molar-refractivity contribution in [2.45, 2.75) is 67.2 Å². The molecule has 0 bridgehead atoms. The molecule has 1 aliphatic heterocycles. The van der Waals surface area contributed by atoms with E-state index in [1.165, 1.54) is 38.8 Å². The molecule has 19 heavy (non-hydrogen) atoms. The molecule has 0 atom stereocenters. The Morgan fingerprint density at radius 1 is 1.00 bits per heavy atom. The lowest BCUT2D eigenvalue weighted by molar-refractivity contribution is 0.379. The Hall–Kier alpha value is -0.340. The third-order valence-electron chi connectivity index (χ3n) is 2.63. The zero-order valence-corrected chi connectivity index (χ0v) is 14.7. The molecule has 0 spiro atoms. The molecule has 0 amide bonds. The highest BCUT2D eigenvalue weighted by molar-refractivity contribution is 4.68. The van der Waals surface area contributed by atoms with E-state index in [-0.39, 0.29) is 0 Å². The Morgan fingerprint density at radius 3 is 1.37 bits per heavy atom. The van der Waals surface area contributed by atoms with Crippen LogP contribution in [-0.2, 0) is 0 Å². The van der Waals surface area contributed by atoms with Crippen molar-refractivity contribution in [3.63, 3.8) is 0 Å². The molecular formula is C17H40N2. The SMILES string of the molecule is C/C=C\C.CC1CNC1.CCCCCC.CCNC. The molecule has 0 aliphatic carbocycles. The molecule has 0 radical (unpaired) electrons. The summed E-state index contributed by atoms with van der Waals surface area (Å²) in [6.07, 6.45) is 9.54. The molecule has 1 heterocycles. The molecule has 2 N–H and O–H groups in total. The van der Waals surface area contributed by atoms with Crippen molar-refractivity contribution < 1.29 is 0 Å². The van der Waals surface area contributed by atoms with Gasteiger partial charge in [-0.15, -0.1) is 0 Å². The quantitative estimate of drug-likeness (QED) is 0.576. The highest BCUT2D eigenvalue weighted by atomic mass is 14.9. The second-order valence-corrected chi connectivity index (χ2v) is 4.84. The Morgan fingerprint density at radius 2 is 1.32 bits per heavy atom. The number of allylic oxidation sites excluding steroid dienone is 2. The maximum Gasteiger partial charge on any atom is -0.00109 e. The summed E-state index contributed by atoms with van der Waals surface area (Å²) >= 11 is 0. The van der Waals surface area contributed by atoms with Crippen molar-refractivity contribution in [2.75, 3.05) is 26.7 Å². The Labute approximate surface area is 123 Å². The molecule has 0 aromatic heterocycles. The topological polar surface area (TPSA) is 24.1 Å². The molecule has 0 unspecified atom stereocenters. The molecule has 118 valence electrons. The van der Waals surface area contributed by atoms with Crippen LogP contribution in [-0.4, -0.2) is 26.7 Å². The highest BCUT2D eigenvalue weighted by Crippen LogP contribution is 1.97. The van der Waals surface area contributed by atoms with Crippen LogP contribution in [0.25, 0.3) is 0 Å². The van der Waals surface area contributed by atoms with E-state index in [0.717, 1.165) is 12.5 Å². The third-order valence-corrected chi connectivity index (χ3v) is 2.63. The van der Waals surface area contributed by atoms with E-state index in [9.17, 15) is 0 Å². The predicted octanol–water partition coefficient (Wildman–Crippen LogP) is 4.62. The van der Waals surface area contributed by atoms with Crippen molar-refractivity contribution in [2.24, 2.45) is 5.92 Å². The lowest BCUT2D eigenvalue weighted by Gasteiger charge is -2.21. The summed E-state index contributed by atoms with van der Waals surface area (Å²) in [4.78, 5) is 0. The second kappa shape index (κ2) is 26.3. The summed E-state index contributed by atoms with van der Waals surface area (Å²) in [6, 6.07) is 0. The van der Waals surface area contributed by atoms with Crippen LogP contribution in [0.3, 0.4) is 0 Å². The van der Waals surface area contributed by atoms with Crippen LogP contribution in [0.15, 0.2) is 12.2 Å². The number of hydrogen-bond donors (Lipinski definition) is 2. The van der Waals surface area contributed by atoms with Crippen molar-refractivity contribution in [1.29, 1.82) is 0 Å². The van der Waals surface area contributed by atoms with E-state index >= 15 is 0 Å². The lowest BCUT2D eigenvalue weighted by Crippen LogP contribution is -2.39. The lowest BCUT2D eigenvalue weighted by atomic mass is 10.1. The van der Waals surface area contributed by atoms with Gasteiger partial charge in [0.25, 0.3) is 0 Å². The van der Waals surface area contributed by atoms with Crippen LogP contribution < -0.4 is 10.6 Å². The minimum Gasteiger partial charge on any atom is -0.320 e. The van der Waals surface area contributed by atoms with Gasteiger partial charge in [-0.2, -0.15) is 0 Å². The summed E-state index contributed by atoms with van der Waals surface area (Å²) in [6.45, 7) is 16.3. The summed E-state index contributed by atoms with van der Waals surface area (Å²) in [5.74, 6) is 0.954. The molecule has 0 saturated carbocycles. The van der Waals surface area contributed by atoms with E-state index in [2.05, 4.69) is 38.3 Å². The first-order valence-corrected chi connectivity index (χ1v) is 8.06. The van der Waals surface area contributed by atoms with Gasteiger partial charge in [-0.3, -0.25) is 0 Å². The summed E-state index contributed by atoms with van der Waals surface area (Å²) in [5.41, 5.74) is 0. The molecule has 0 aromatic carbocycles. The molecule has 2 nitrogen and oxygen atoms in total. The predicted molar refractivity (Wildman–Crippen MR) is 91.9 cm³/mol. The van der Waals surface area contributed by atoms with Gasteiger partial charge >= 0.3 is 0 Å². The van der Waals surface area contributed by atoms with E-state index < -0.39 is 0 Å². The van der Waals surface area contributed by atoms with Crippen LogP contribution in [0, 0.1) is 5.92 Å². The van der Waals surface area contributed by atoms with Gasteiger partial charge in [-0.1, -0.05) is 65.5 Å².